The van der Waals surface area contributed by atoms with Gasteiger partial charge < -0.3 is 24.8 Å². The predicted octanol–water partition coefficient (Wildman–Crippen LogP) is 7.97. The third-order valence-corrected chi connectivity index (χ3v) is 8.73. The summed E-state index contributed by atoms with van der Waals surface area (Å²) >= 11 is 0. The number of esters is 2. The number of terminal acetylenes is 1. The Bertz CT molecular complexity index is 2530. The van der Waals surface area contributed by atoms with E-state index in [1.54, 1.807) is 54.6 Å². The van der Waals surface area contributed by atoms with E-state index in [-0.39, 0.29) is 13.2 Å². The van der Waals surface area contributed by atoms with Gasteiger partial charge in [0.15, 0.2) is 6.04 Å². The lowest BCUT2D eigenvalue weighted by atomic mass is 10.0. The molecular weight excluding hydrogens is 785 g/mol. The number of carbonyl (C=O) groups excluding carboxylic acids is 3. The molecule has 3 aromatic rings. The SMILES string of the molecule is C#CC#CC#CC#CC#CC#CC#CC#CC#COc1cccc(COC(=O)C(NC(=O)NCC(=O)OCc2ccc(CCCCCCCCCCCC)cc2)c2ccccc2)c1. The molecule has 0 aliphatic carbocycles. The fourth-order valence-electron chi connectivity index (χ4n) is 5.58. The molecule has 0 bridgehead atoms. The summed E-state index contributed by atoms with van der Waals surface area (Å²) in [6.07, 6.45) is 21.5. The zero-order valence-electron chi connectivity index (χ0n) is 35.5. The first-order chi connectivity index (χ1) is 31.0. The van der Waals surface area contributed by atoms with Crippen LogP contribution in [-0.2, 0) is 38.7 Å². The molecule has 1 atom stereocenters. The van der Waals surface area contributed by atoms with Crippen molar-refractivity contribution in [3.63, 3.8) is 0 Å². The van der Waals surface area contributed by atoms with E-state index in [4.69, 9.17) is 20.6 Å². The molecule has 3 aromatic carbocycles. The molecule has 1 unspecified atom stereocenters. The van der Waals surface area contributed by atoms with Gasteiger partial charge >= 0.3 is 18.0 Å². The van der Waals surface area contributed by atoms with Gasteiger partial charge in [0.25, 0.3) is 0 Å². The van der Waals surface area contributed by atoms with Crippen LogP contribution in [0.2, 0.25) is 0 Å². The Kier molecular flexibility index (Phi) is 25.4. The van der Waals surface area contributed by atoms with Crippen LogP contribution in [0.5, 0.6) is 5.75 Å². The van der Waals surface area contributed by atoms with Gasteiger partial charge in [-0.1, -0.05) is 131 Å². The van der Waals surface area contributed by atoms with Crippen LogP contribution in [-0.4, -0.2) is 24.5 Å². The maximum absolute atomic E-state index is 13.3. The third kappa shape index (κ3) is 23.8. The molecule has 0 aliphatic rings. The summed E-state index contributed by atoms with van der Waals surface area (Å²) in [6.45, 7) is 1.82. The quantitative estimate of drug-likeness (QED) is 0.0642. The van der Waals surface area contributed by atoms with Crippen molar-refractivity contribution < 1.29 is 28.6 Å². The highest BCUT2D eigenvalue weighted by Gasteiger charge is 2.25. The standard InChI is InChI=1S/C55H48N2O6/c1-3-5-7-9-11-13-15-16-17-18-19-20-22-24-26-31-42-61-51-37-32-34-49(43-51)46-63-54(59)53(50-35-29-27-30-36-50)57-55(60)56-44-52(58)62-45-48-40-38-47(39-41-48)33-28-25-23-21-14-12-10-8-6-4-2/h1,27,29-30,32,34-41,43,53H,4,6,8,10,12,14,21,23,25,28,33,44-46H2,2H3,(H2,56,57,60). The molecule has 0 aromatic heterocycles. The van der Waals surface area contributed by atoms with E-state index in [2.05, 4.69) is 131 Å². The monoisotopic (exact) mass is 832 g/mol. The molecule has 8 heteroatoms. The first-order valence-corrected chi connectivity index (χ1v) is 20.7. The number of benzene rings is 3. The van der Waals surface area contributed by atoms with Gasteiger partial charge in [0, 0.05) is 47.4 Å². The van der Waals surface area contributed by atoms with Crippen molar-refractivity contribution in [2.45, 2.75) is 96.8 Å². The van der Waals surface area contributed by atoms with Crippen LogP contribution in [0.25, 0.3) is 0 Å². The van der Waals surface area contributed by atoms with Gasteiger partial charge in [0.2, 0.25) is 0 Å². The Balaban J connectivity index is 1.40. The molecule has 3 rings (SSSR count). The van der Waals surface area contributed by atoms with E-state index in [1.807, 2.05) is 12.1 Å². The lowest BCUT2D eigenvalue weighted by Crippen LogP contribution is -2.43. The number of amides is 2. The fourth-order valence-corrected chi connectivity index (χ4v) is 5.58. The Morgan fingerprint density at radius 1 is 0.571 bits per heavy atom. The summed E-state index contributed by atoms with van der Waals surface area (Å²) < 4.78 is 16.4. The second-order valence-electron chi connectivity index (χ2n) is 13.6. The normalized spacial score (nSPS) is 9.33. The summed E-state index contributed by atoms with van der Waals surface area (Å²) in [5.41, 5.74) is 3.22. The number of hydrogen-bond acceptors (Lipinski definition) is 6. The molecule has 0 saturated heterocycles. The second-order valence-corrected chi connectivity index (χ2v) is 13.6. The highest BCUT2D eigenvalue weighted by Crippen LogP contribution is 2.18. The molecule has 0 heterocycles. The molecule has 0 fully saturated rings. The number of carbonyl (C=O) groups is 3. The molecule has 0 radical (unpaired) electrons. The highest BCUT2D eigenvalue weighted by atomic mass is 16.5. The Morgan fingerprint density at radius 2 is 1.11 bits per heavy atom. The van der Waals surface area contributed by atoms with Gasteiger partial charge in [0.1, 0.15) is 31.6 Å². The van der Waals surface area contributed by atoms with Gasteiger partial charge in [-0.2, -0.15) is 0 Å². The first-order valence-electron chi connectivity index (χ1n) is 20.7. The van der Waals surface area contributed by atoms with Gasteiger partial charge in [-0.15, -0.1) is 6.42 Å². The number of ether oxygens (including phenoxy) is 3. The summed E-state index contributed by atoms with van der Waals surface area (Å²) in [5, 5.41) is 5.07. The van der Waals surface area contributed by atoms with Crippen molar-refractivity contribution in [2.24, 2.45) is 0 Å². The number of aryl methyl sites for hydroxylation is 1. The molecule has 0 saturated carbocycles. The number of rotatable bonds is 21. The van der Waals surface area contributed by atoms with Crippen molar-refractivity contribution in [1.29, 1.82) is 0 Å². The minimum absolute atomic E-state index is 0.0809. The van der Waals surface area contributed by atoms with Crippen LogP contribution < -0.4 is 15.4 Å². The number of unbranched alkanes of at least 4 members (excludes halogenated alkanes) is 9. The minimum Gasteiger partial charge on any atom is -0.460 e. The maximum atomic E-state index is 13.3. The lowest BCUT2D eigenvalue weighted by molar-refractivity contribution is -0.147. The van der Waals surface area contributed by atoms with Crippen LogP contribution in [0.3, 0.4) is 0 Å². The third-order valence-electron chi connectivity index (χ3n) is 8.73. The van der Waals surface area contributed by atoms with Gasteiger partial charge in [0.05, 0.1) is 0 Å². The topological polar surface area (TPSA) is 103 Å². The predicted molar refractivity (Wildman–Crippen MR) is 245 cm³/mol. The van der Waals surface area contributed by atoms with E-state index >= 15 is 0 Å². The van der Waals surface area contributed by atoms with Crippen LogP contribution in [0.1, 0.15) is 99.4 Å². The van der Waals surface area contributed by atoms with Crippen molar-refractivity contribution in [3.05, 3.63) is 101 Å². The highest BCUT2D eigenvalue weighted by molar-refractivity contribution is 5.86. The Morgan fingerprint density at radius 3 is 1.71 bits per heavy atom. The summed E-state index contributed by atoms with van der Waals surface area (Å²) in [4.78, 5) is 38.6. The van der Waals surface area contributed by atoms with E-state index < -0.39 is 30.6 Å². The maximum Gasteiger partial charge on any atom is 0.333 e. The summed E-state index contributed by atoms with van der Waals surface area (Å²) in [7, 11) is 0. The van der Waals surface area contributed by atoms with Crippen molar-refractivity contribution in [2.75, 3.05) is 6.54 Å². The number of nitrogens with one attached hydrogen (secondary N) is 2. The van der Waals surface area contributed by atoms with Gasteiger partial charge in [-0.3, -0.25) is 4.79 Å². The van der Waals surface area contributed by atoms with Crippen molar-refractivity contribution in [1.82, 2.24) is 10.6 Å². The summed E-state index contributed by atoms with van der Waals surface area (Å²) in [6, 6.07) is 21.5. The molecule has 8 nitrogen and oxygen atoms in total. The molecule has 2 N–H and O–H groups in total. The fraction of sp³-hybridized carbons (Fsp3) is 0.291. The largest absolute Gasteiger partial charge is 0.460 e. The van der Waals surface area contributed by atoms with Crippen LogP contribution in [0, 0.1) is 107 Å². The van der Waals surface area contributed by atoms with Crippen LogP contribution in [0.4, 0.5) is 4.79 Å². The molecule has 0 aliphatic heterocycles. The van der Waals surface area contributed by atoms with Gasteiger partial charge in [-0.05, 0) is 94.6 Å². The van der Waals surface area contributed by atoms with E-state index in [0.717, 1.165) is 18.4 Å². The molecule has 2 amide bonds. The molecule has 0 spiro atoms. The first kappa shape index (κ1) is 49.1. The Hall–Kier alpha value is -8.29. The van der Waals surface area contributed by atoms with Gasteiger partial charge in [-0.25, -0.2) is 9.59 Å². The van der Waals surface area contributed by atoms with Crippen molar-refractivity contribution in [3.8, 4) is 113 Å². The van der Waals surface area contributed by atoms with E-state index in [1.165, 1.54) is 63.4 Å². The zero-order valence-corrected chi connectivity index (χ0v) is 35.5. The van der Waals surface area contributed by atoms with E-state index in [9.17, 15) is 14.4 Å². The average molecular weight is 833 g/mol. The molecule has 63 heavy (non-hydrogen) atoms. The minimum atomic E-state index is -1.15. The summed E-state index contributed by atoms with van der Waals surface area (Å²) in [5.74, 6) is 38.5. The lowest BCUT2D eigenvalue weighted by Gasteiger charge is -2.18. The second kappa shape index (κ2) is 32.5. The average Bonchev–Trinajstić information content (AvgIpc) is 3.31. The van der Waals surface area contributed by atoms with Crippen LogP contribution in [0.15, 0.2) is 78.9 Å². The molecular formula is C55H48N2O6. The Labute approximate surface area is 373 Å². The molecule has 314 valence electrons. The van der Waals surface area contributed by atoms with Crippen molar-refractivity contribution >= 4 is 18.0 Å². The van der Waals surface area contributed by atoms with Crippen LogP contribution >= 0.6 is 0 Å². The zero-order chi connectivity index (χ0) is 44.8. The van der Waals surface area contributed by atoms with E-state index in [0.29, 0.717) is 16.9 Å². The number of hydrogen-bond donors (Lipinski definition) is 2. The smallest absolute Gasteiger partial charge is 0.333 e. The number of urea groups is 1.